The number of nitrogen functional groups attached to an aromatic ring is 1. The molecule has 2 heterocycles. The van der Waals surface area contributed by atoms with Crippen LogP contribution in [0.25, 0.3) is 0 Å². The third-order valence-corrected chi connectivity index (χ3v) is 3.69. The van der Waals surface area contributed by atoms with Crippen molar-refractivity contribution in [2.24, 2.45) is 0 Å². The van der Waals surface area contributed by atoms with Gasteiger partial charge in [0.1, 0.15) is 5.82 Å². The summed E-state index contributed by atoms with van der Waals surface area (Å²) in [6.07, 6.45) is 3.20. The molecular weight excluding hydrogens is 214 g/mol. The highest BCUT2D eigenvalue weighted by atomic mass is 16.3. The Morgan fingerprint density at radius 1 is 1.47 bits per heavy atom. The number of nitrogens with two attached hydrogens (primary N) is 1. The van der Waals surface area contributed by atoms with Crippen LogP contribution in [-0.2, 0) is 5.60 Å². The van der Waals surface area contributed by atoms with E-state index < -0.39 is 5.60 Å². The molecule has 4 heteroatoms. The predicted octanol–water partition coefficient (Wildman–Crippen LogP) is 1.28. The maximum atomic E-state index is 10.7. The molecule has 0 radical (unpaired) electrons. The smallest absolute Gasteiger partial charge is 0.129 e. The zero-order valence-corrected chi connectivity index (χ0v) is 10.6. The van der Waals surface area contributed by atoms with E-state index in [9.17, 15) is 5.11 Å². The number of aryl methyl sites for hydroxylation is 1. The Hall–Kier alpha value is -1.13. The molecule has 2 rings (SSSR count). The van der Waals surface area contributed by atoms with Crippen molar-refractivity contribution in [2.45, 2.75) is 32.3 Å². The van der Waals surface area contributed by atoms with Gasteiger partial charge in [-0.1, -0.05) is 6.92 Å². The van der Waals surface area contributed by atoms with Gasteiger partial charge in [-0.15, -0.1) is 0 Å². The normalized spacial score (nSPS) is 20.4. The first kappa shape index (κ1) is 12.3. The van der Waals surface area contributed by atoms with Crippen LogP contribution in [0.1, 0.15) is 30.9 Å². The highest BCUT2D eigenvalue weighted by Crippen LogP contribution is 2.35. The molecule has 1 fully saturated rings. The summed E-state index contributed by atoms with van der Waals surface area (Å²) in [6.45, 7) is 6.99. The second-order valence-corrected chi connectivity index (χ2v) is 4.91. The van der Waals surface area contributed by atoms with Gasteiger partial charge in [0.2, 0.25) is 0 Å². The van der Waals surface area contributed by atoms with Gasteiger partial charge in [0.05, 0.1) is 5.60 Å². The predicted molar refractivity (Wildman–Crippen MR) is 68.6 cm³/mol. The number of aliphatic hydroxyl groups is 1. The lowest BCUT2D eigenvalue weighted by Gasteiger charge is -2.38. The van der Waals surface area contributed by atoms with Crippen LogP contribution in [0.5, 0.6) is 0 Å². The van der Waals surface area contributed by atoms with E-state index >= 15 is 0 Å². The number of hydrogen-bond acceptors (Lipinski definition) is 4. The van der Waals surface area contributed by atoms with Crippen molar-refractivity contribution >= 4 is 5.82 Å². The first-order valence-corrected chi connectivity index (χ1v) is 6.22. The third-order valence-electron chi connectivity index (χ3n) is 3.69. The first-order valence-electron chi connectivity index (χ1n) is 6.22. The van der Waals surface area contributed by atoms with Crippen LogP contribution in [0.4, 0.5) is 5.82 Å². The van der Waals surface area contributed by atoms with Crippen LogP contribution in [-0.4, -0.2) is 34.6 Å². The summed E-state index contributed by atoms with van der Waals surface area (Å²) in [5.41, 5.74) is 6.93. The molecule has 17 heavy (non-hydrogen) atoms. The second kappa shape index (κ2) is 4.63. The molecule has 1 aromatic heterocycles. The van der Waals surface area contributed by atoms with Gasteiger partial charge in [-0.05, 0) is 37.9 Å². The standard InChI is InChI=1S/C13H21N3O/c1-3-16-6-4-13(17,5-7-16)11-8-10(2)9-15-12(11)14/h8-9,17H,3-7H2,1-2H3,(H2,14,15). The van der Waals surface area contributed by atoms with E-state index in [2.05, 4.69) is 16.8 Å². The molecule has 1 aliphatic rings. The molecule has 1 saturated heterocycles. The zero-order chi connectivity index (χ0) is 12.5. The molecule has 0 unspecified atom stereocenters. The second-order valence-electron chi connectivity index (χ2n) is 4.91. The monoisotopic (exact) mass is 235 g/mol. The molecular formula is C13H21N3O. The van der Waals surface area contributed by atoms with E-state index in [0.717, 1.165) is 43.6 Å². The van der Waals surface area contributed by atoms with Crippen molar-refractivity contribution < 1.29 is 5.11 Å². The number of rotatable bonds is 2. The Labute approximate surface area is 102 Å². The minimum absolute atomic E-state index is 0.461. The van der Waals surface area contributed by atoms with Gasteiger partial charge in [0.15, 0.2) is 0 Å². The Morgan fingerprint density at radius 2 is 2.12 bits per heavy atom. The van der Waals surface area contributed by atoms with Crippen molar-refractivity contribution in [3.8, 4) is 0 Å². The van der Waals surface area contributed by atoms with E-state index in [1.54, 1.807) is 6.20 Å². The molecule has 0 saturated carbocycles. The Bertz CT molecular complexity index is 398. The van der Waals surface area contributed by atoms with Crippen molar-refractivity contribution in [3.05, 3.63) is 23.4 Å². The average Bonchev–Trinajstić information content (AvgIpc) is 2.33. The average molecular weight is 235 g/mol. The van der Waals surface area contributed by atoms with Crippen LogP contribution in [0.15, 0.2) is 12.3 Å². The number of anilines is 1. The number of pyridine rings is 1. The van der Waals surface area contributed by atoms with Gasteiger partial charge in [0, 0.05) is 24.8 Å². The molecule has 1 aromatic rings. The van der Waals surface area contributed by atoms with Crippen LogP contribution in [0.3, 0.4) is 0 Å². The van der Waals surface area contributed by atoms with Crippen LogP contribution in [0.2, 0.25) is 0 Å². The molecule has 4 nitrogen and oxygen atoms in total. The fourth-order valence-electron chi connectivity index (χ4n) is 2.46. The summed E-state index contributed by atoms with van der Waals surface area (Å²) in [4.78, 5) is 6.48. The quantitative estimate of drug-likeness (QED) is 0.810. The Balaban J connectivity index is 2.24. The highest BCUT2D eigenvalue weighted by Gasteiger charge is 2.35. The maximum absolute atomic E-state index is 10.7. The van der Waals surface area contributed by atoms with Gasteiger partial charge >= 0.3 is 0 Å². The highest BCUT2D eigenvalue weighted by molar-refractivity contribution is 5.45. The topological polar surface area (TPSA) is 62.4 Å². The molecule has 0 atom stereocenters. The summed E-state index contributed by atoms with van der Waals surface area (Å²) in [5, 5.41) is 10.7. The van der Waals surface area contributed by atoms with Gasteiger partial charge < -0.3 is 15.7 Å². The lowest BCUT2D eigenvalue weighted by atomic mass is 9.84. The minimum atomic E-state index is -0.797. The van der Waals surface area contributed by atoms with E-state index in [0.29, 0.717) is 5.82 Å². The van der Waals surface area contributed by atoms with Crippen LogP contribution >= 0.6 is 0 Å². The van der Waals surface area contributed by atoms with E-state index in [4.69, 9.17) is 5.73 Å². The summed E-state index contributed by atoms with van der Waals surface area (Å²) < 4.78 is 0. The number of hydrogen-bond donors (Lipinski definition) is 2. The lowest BCUT2D eigenvalue weighted by Crippen LogP contribution is -2.42. The van der Waals surface area contributed by atoms with E-state index in [1.807, 2.05) is 13.0 Å². The molecule has 0 bridgehead atoms. The van der Waals surface area contributed by atoms with Crippen molar-refractivity contribution in [3.63, 3.8) is 0 Å². The Kier molecular flexibility index (Phi) is 3.35. The summed E-state index contributed by atoms with van der Waals surface area (Å²) >= 11 is 0. The van der Waals surface area contributed by atoms with E-state index in [1.165, 1.54) is 0 Å². The SMILES string of the molecule is CCN1CCC(O)(c2cc(C)cnc2N)CC1. The van der Waals surface area contributed by atoms with Crippen LogP contribution in [0, 0.1) is 6.92 Å². The lowest BCUT2D eigenvalue weighted by molar-refractivity contribution is -0.0243. The van der Waals surface area contributed by atoms with Gasteiger partial charge in [0.25, 0.3) is 0 Å². The molecule has 0 aromatic carbocycles. The third kappa shape index (κ3) is 2.42. The fourth-order valence-corrected chi connectivity index (χ4v) is 2.46. The van der Waals surface area contributed by atoms with E-state index in [-0.39, 0.29) is 0 Å². The maximum Gasteiger partial charge on any atom is 0.129 e. The van der Waals surface area contributed by atoms with Gasteiger partial charge in [-0.25, -0.2) is 4.98 Å². The van der Waals surface area contributed by atoms with Crippen molar-refractivity contribution in [1.82, 2.24) is 9.88 Å². The molecule has 3 N–H and O–H groups in total. The summed E-state index contributed by atoms with van der Waals surface area (Å²) in [5.74, 6) is 0.461. The molecule has 94 valence electrons. The van der Waals surface area contributed by atoms with Gasteiger partial charge in [-0.2, -0.15) is 0 Å². The number of aromatic nitrogens is 1. The van der Waals surface area contributed by atoms with Gasteiger partial charge in [-0.3, -0.25) is 0 Å². The number of likely N-dealkylation sites (tertiary alicyclic amines) is 1. The van der Waals surface area contributed by atoms with Crippen molar-refractivity contribution in [2.75, 3.05) is 25.4 Å². The molecule has 0 amide bonds. The Morgan fingerprint density at radius 3 is 2.71 bits per heavy atom. The fraction of sp³-hybridized carbons (Fsp3) is 0.615. The number of nitrogens with zero attached hydrogens (tertiary/aromatic N) is 2. The first-order chi connectivity index (χ1) is 8.05. The largest absolute Gasteiger partial charge is 0.385 e. The minimum Gasteiger partial charge on any atom is -0.385 e. The number of piperidine rings is 1. The molecule has 1 aliphatic heterocycles. The molecule has 0 spiro atoms. The summed E-state index contributed by atoms with van der Waals surface area (Å²) in [6, 6.07) is 1.96. The van der Waals surface area contributed by atoms with Crippen LogP contribution < -0.4 is 5.73 Å². The van der Waals surface area contributed by atoms with Crippen molar-refractivity contribution in [1.29, 1.82) is 0 Å². The summed E-state index contributed by atoms with van der Waals surface area (Å²) in [7, 11) is 0. The molecule has 0 aliphatic carbocycles. The zero-order valence-electron chi connectivity index (χ0n) is 10.6.